The van der Waals surface area contributed by atoms with E-state index in [4.69, 9.17) is 36.6 Å². The van der Waals surface area contributed by atoms with E-state index in [0.29, 0.717) is 52.3 Å². The largest absolute Gasteiger partial charge is 0.495 e. The van der Waals surface area contributed by atoms with Gasteiger partial charge in [-0.2, -0.15) is 0 Å². The SMILES string of the molecule is COc1ccc(C#CCNC2(C)CCN(C3CCN(c4nc([C@@](CO)(OC5CC5)c5ccccc5)c5cc(-c6cn(C)c(=O)c7[nH]ccc67)ccc5n4)CC3)CC2)cc1N1CCC(=O)N(CNC(=O)[C@@H](Cc2ccccc2)C(C(N)=O)C(N)C(N)=O)C1=O. The van der Waals surface area contributed by atoms with Gasteiger partial charge >= 0.3 is 6.03 Å². The molecule has 10 N–H and O–H groups in total. The van der Waals surface area contributed by atoms with Crippen molar-refractivity contribution in [1.82, 2.24) is 40.0 Å². The summed E-state index contributed by atoms with van der Waals surface area (Å²) in [5, 5.41) is 19.5. The first-order valence-corrected chi connectivity index (χ1v) is 30.0. The molecule has 0 bridgehead atoms. The number of aryl methyl sites for hydroxylation is 1. The molecule has 88 heavy (non-hydrogen) atoms. The van der Waals surface area contributed by atoms with E-state index in [1.54, 1.807) is 66.3 Å². The molecule has 4 fully saturated rings. The normalized spacial score (nSPS) is 18.3. The number of rotatable bonds is 21. The van der Waals surface area contributed by atoms with E-state index in [9.17, 15) is 33.9 Å². The van der Waals surface area contributed by atoms with Crippen LogP contribution in [0.25, 0.3) is 32.9 Å². The topological polar surface area (TPSA) is 303 Å². The summed E-state index contributed by atoms with van der Waals surface area (Å²) in [5.74, 6) is 1.42. The van der Waals surface area contributed by atoms with Crippen LogP contribution in [0, 0.1) is 23.7 Å². The number of imide groups is 1. The highest BCUT2D eigenvalue weighted by Gasteiger charge is 2.45. The van der Waals surface area contributed by atoms with Crippen LogP contribution in [0.4, 0.5) is 16.4 Å². The Bertz CT molecular complexity index is 3880. The standard InChI is InChI=1S/C66H75N13O9/c1-65(72-28-10-13-42-16-21-53(87-3)52(36-42)78-32-25-54(81)79(64(78)86)40-71-61(84)49(35-41-11-6-4-7-12-41)55(59(68)82)56(67)60(69)83)26-33-76(34-27-65)45-23-30-77(31-24-45)63-73-51-20-17-43(50-38-75(2)62(85)57-47(50)22-29-70-57)37-48(51)58(74-63)66(39-80,88-46-18-19-46)44-14-8-5-9-15-44/h4-9,11-12,14-17,20-22,29,36-38,45-46,49,55-56,70,72,80H,18-19,23-28,30-35,39-40,67H2,1-3H3,(H2,68,82)(H2,69,83)(H,71,84)/t49-,55?,56?,66-/m0/s1. The summed E-state index contributed by atoms with van der Waals surface area (Å²) < 4.78 is 14.2. The number of nitrogens with two attached hydrogens (primary N) is 3. The second kappa shape index (κ2) is 25.8. The fraction of sp³-hybridized carbons (Fsp3) is 0.394. The van der Waals surface area contributed by atoms with Gasteiger partial charge in [-0.15, -0.1) is 0 Å². The molecular formula is C66H75N13O9. The van der Waals surface area contributed by atoms with Crippen molar-refractivity contribution in [2.45, 2.75) is 87.6 Å². The summed E-state index contributed by atoms with van der Waals surface area (Å²) >= 11 is 0. The van der Waals surface area contributed by atoms with E-state index in [1.807, 2.05) is 54.7 Å². The average Bonchev–Trinajstić information content (AvgIpc) is 1.25. The molecule has 3 aromatic heterocycles. The van der Waals surface area contributed by atoms with Crippen molar-refractivity contribution < 1.29 is 38.6 Å². The van der Waals surface area contributed by atoms with Gasteiger partial charge in [0.2, 0.25) is 29.6 Å². The number of fused-ring (bicyclic) bond motifs is 2. The van der Waals surface area contributed by atoms with Crippen LogP contribution >= 0.6 is 0 Å². The molecule has 4 aliphatic rings. The average molecular weight is 1190 g/mol. The van der Waals surface area contributed by atoms with Crippen LogP contribution in [-0.4, -0.2) is 147 Å². The van der Waals surface area contributed by atoms with Gasteiger partial charge in [-0.1, -0.05) is 78.6 Å². The lowest BCUT2D eigenvalue weighted by Gasteiger charge is -2.45. The van der Waals surface area contributed by atoms with Gasteiger partial charge in [-0.3, -0.25) is 28.9 Å². The number of amides is 6. The summed E-state index contributed by atoms with van der Waals surface area (Å²) in [5.41, 5.74) is 21.7. The number of ether oxygens (including phenoxy) is 2. The van der Waals surface area contributed by atoms with Crippen LogP contribution < -0.4 is 47.9 Å². The maximum absolute atomic E-state index is 14.1. The van der Waals surface area contributed by atoms with Gasteiger partial charge in [0, 0.05) is 92.1 Å². The van der Waals surface area contributed by atoms with E-state index in [0.717, 1.165) is 103 Å². The van der Waals surface area contributed by atoms with Gasteiger partial charge in [-0.25, -0.2) is 19.7 Å². The van der Waals surface area contributed by atoms with Crippen molar-refractivity contribution in [2.24, 2.45) is 36.1 Å². The number of aromatic nitrogens is 4. The highest BCUT2D eigenvalue weighted by molar-refractivity contribution is 6.07. The molecule has 7 aromatic rings. The smallest absolute Gasteiger partial charge is 0.332 e. The number of aliphatic hydroxyl groups is 1. The van der Waals surface area contributed by atoms with Crippen LogP contribution in [0.5, 0.6) is 5.75 Å². The van der Waals surface area contributed by atoms with Gasteiger partial charge in [0.1, 0.15) is 17.9 Å². The Kier molecular flexibility index (Phi) is 17.8. The van der Waals surface area contributed by atoms with Crippen LogP contribution in [0.1, 0.15) is 74.3 Å². The summed E-state index contributed by atoms with van der Waals surface area (Å²) in [4.78, 5) is 100. The minimum absolute atomic E-state index is 0.0216. The molecule has 4 aromatic carbocycles. The highest BCUT2D eigenvalue weighted by atomic mass is 16.5. The van der Waals surface area contributed by atoms with Gasteiger partial charge in [0.25, 0.3) is 5.56 Å². The molecule has 11 rings (SSSR count). The third-order valence-electron chi connectivity index (χ3n) is 17.9. The first-order chi connectivity index (χ1) is 42.5. The molecule has 2 unspecified atom stereocenters. The Morgan fingerprint density at radius 2 is 1.60 bits per heavy atom. The lowest BCUT2D eigenvalue weighted by atomic mass is 9.80. The Morgan fingerprint density at radius 1 is 0.875 bits per heavy atom. The maximum atomic E-state index is 14.1. The number of benzene rings is 4. The van der Waals surface area contributed by atoms with Crippen molar-refractivity contribution in [3.63, 3.8) is 0 Å². The molecule has 0 spiro atoms. The lowest BCUT2D eigenvalue weighted by molar-refractivity contribution is -0.137. The number of carbonyl (C=O) groups is 5. The molecule has 4 atom stereocenters. The fourth-order valence-electron chi connectivity index (χ4n) is 12.7. The molecule has 6 heterocycles. The minimum Gasteiger partial charge on any atom is -0.495 e. The van der Waals surface area contributed by atoms with Gasteiger partial charge < -0.3 is 61.8 Å². The number of primary amides is 2. The van der Waals surface area contributed by atoms with Gasteiger partial charge in [-0.05, 0) is 105 Å². The Morgan fingerprint density at radius 3 is 2.28 bits per heavy atom. The monoisotopic (exact) mass is 1190 g/mol. The fourth-order valence-corrected chi connectivity index (χ4v) is 12.7. The number of hydrogen-bond acceptors (Lipinski definition) is 15. The molecule has 0 radical (unpaired) electrons. The molecule has 458 valence electrons. The van der Waals surface area contributed by atoms with Crippen molar-refractivity contribution >= 4 is 63.1 Å². The lowest BCUT2D eigenvalue weighted by Crippen LogP contribution is -2.58. The van der Waals surface area contributed by atoms with Gasteiger partial charge in [0.05, 0.1) is 61.1 Å². The van der Waals surface area contributed by atoms with Crippen molar-refractivity contribution in [1.29, 1.82) is 0 Å². The van der Waals surface area contributed by atoms with E-state index >= 15 is 0 Å². The predicted molar refractivity (Wildman–Crippen MR) is 334 cm³/mol. The first kappa shape index (κ1) is 60.7. The number of urea groups is 1. The van der Waals surface area contributed by atoms with Gasteiger partial charge in [0.15, 0.2) is 5.60 Å². The molecule has 1 saturated carbocycles. The number of aliphatic hydroxyl groups excluding tert-OH is 1. The van der Waals surface area contributed by atoms with Crippen LogP contribution in [0.3, 0.4) is 0 Å². The second-order valence-electron chi connectivity index (χ2n) is 23.7. The Balaban J connectivity index is 0.728. The number of carbonyl (C=O) groups excluding carboxylic acids is 5. The number of nitrogens with one attached hydrogen (secondary N) is 3. The number of piperidine rings is 2. The zero-order chi connectivity index (χ0) is 61.9. The molecule has 22 nitrogen and oxygen atoms in total. The molecule has 22 heteroatoms. The highest BCUT2D eigenvalue weighted by Crippen LogP contribution is 2.44. The van der Waals surface area contributed by atoms with E-state index in [2.05, 4.69) is 50.2 Å². The molecule has 1 aliphatic carbocycles. The summed E-state index contributed by atoms with van der Waals surface area (Å²) in [7, 11) is 3.23. The Hall–Kier alpha value is -8.98. The minimum atomic E-state index is -1.57. The first-order valence-electron chi connectivity index (χ1n) is 30.0. The van der Waals surface area contributed by atoms with Crippen molar-refractivity contribution in [3.8, 4) is 28.7 Å². The molecular weight excluding hydrogens is 1120 g/mol. The number of likely N-dealkylation sites (tertiary alicyclic amines) is 1. The zero-order valence-electron chi connectivity index (χ0n) is 49.7. The maximum Gasteiger partial charge on any atom is 0.332 e. The molecule has 6 amide bonds. The summed E-state index contributed by atoms with van der Waals surface area (Å²) in [6.45, 7) is 5.17. The van der Waals surface area contributed by atoms with Crippen molar-refractivity contribution in [3.05, 3.63) is 148 Å². The quantitative estimate of drug-likeness (QED) is 0.0492. The summed E-state index contributed by atoms with van der Waals surface area (Å²) in [6.07, 6.45) is 9.01. The Labute approximate surface area is 509 Å². The van der Waals surface area contributed by atoms with Crippen LogP contribution in [0.2, 0.25) is 0 Å². The number of hydrogen-bond donors (Lipinski definition) is 7. The third kappa shape index (κ3) is 12.6. The second-order valence-corrected chi connectivity index (χ2v) is 23.7. The number of anilines is 2. The molecule has 3 saturated heterocycles. The predicted octanol–water partition coefficient (Wildman–Crippen LogP) is 4.37. The number of pyridine rings is 1. The van der Waals surface area contributed by atoms with E-state index in [-0.39, 0.29) is 43.2 Å². The number of nitrogens with zero attached hydrogens (tertiary/aromatic N) is 7. The third-order valence-corrected chi connectivity index (χ3v) is 17.9. The van der Waals surface area contributed by atoms with Crippen LogP contribution in [0.15, 0.2) is 120 Å². The zero-order valence-corrected chi connectivity index (χ0v) is 49.7. The number of H-pyrrole nitrogens is 1. The number of methoxy groups -OCH3 is 1. The van der Waals surface area contributed by atoms with Crippen LogP contribution in [-0.2, 0) is 43.0 Å². The van der Waals surface area contributed by atoms with E-state index in [1.165, 1.54) is 12.0 Å². The van der Waals surface area contributed by atoms with Crippen molar-refractivity contribution in [2.75, 3.05) is 69.5 Å². The van der Waals surface area contributed by atoms with E-state index < -0.39 is 59.8 Å². The number of aromatic amines is 1. The molecule has 3 aliphatic heterocycles. The summed E-state index contributed by atoms with van der Waals surface area (Å²) in [6, 6.07) is 30.0.